The highest BCUT2D eigenvalue weighted by Crippen LogP contribution is 2.66. The number of carbonyl (C=O) groups excluding carboxylic acids is 2. The Labute approximate surface area is 138 Å². The monoisotopic (exact) mass is 316 g/mol. The molecule has 126 valence electrons. The minimum atomic E-state index is -1.31. The lowest BCUT2D eigenvalue weighted by Gasteiger charge is -2.62. The molecule has 1 N–H and O–H groups in total. The van der Waals surface area contributed by atoms with Gasteiger partial charge in [0.25, 0.3) is 0 Å². The number of hydrogen-bond acceptors (Lipinski definition) is 3. The fraction of sp³-hybridized carbons (Fsp3) is 0.800. The SMILES string of the molecule is C=C1C(=O)[C@H]2[C@@H]3CCC[C@@]3(C)CC[C@@H]2[C@@]2(C)CCC(=O)C[C@]12O. The zero-order chi connectivity index (χ0) is 16.6. The second kappa shape index (κ2) is 4.56. The van der Waals surface area contributed by atoms with E-state index < -0.39 is 5.60 Å². The van der Waals surface area contributed by atoms with Crippen molar-refractivity contribution in [3.8, 4) is 0 Å². The number of aliphatic hydroxyl groups is 1. The molecule has 4 aliphatic carbocycles. The molecule has 0 aromatic carbocycles. The minimum Gasteiger partial charge on any atom is -0.384 e. The molecule has 0 saturated heterocycles. The Bertz CT molecular complexity index is 608. The maximum absolute atomic E-state index is 13.2. The first-order valence-electron chi connectivity index (χ1n) is 9.21. The number of ketones is 2. The average Bonchev–Trinajstić information content (AvgIpc) is 2.89. The van der Waals surface area contributed by atoms with Crippen molar-refractivity contribution in [2.24, 2.45) is 28.6 Å². The molecule has 4 fully saturated rings. The number of rotatable bonds is 0. The van der Waals surface area contributed by atoms with Crippen LogP contribution in [-0.2, 0) is 9.59 Å². The van der Waals surface area contributed by atoms with Gasteiger partial charge in [-0.3, -0.25) is 9.59 Å². The minimum absolute atomic E-state index is 0.0160. The van der Waals surface area contributed by atoms with E-state index in [1.165, 1.54) is 12.8 Å². The molecule has 0 radical (unpaired) electrons. The van der Waals surface area contributed by atoms with E-state index in [4.69, 9.17) is 0 Å². The van der Waals surface area contributed by atoms with Crippen LogP contribution in [0.15, 0.2) is 12.2 Å². The molecule has 3 heteroatoms. The number of carbonyl (C=O) groups is 2. The van der Waals surface area contributed by atoms with Gasteiger partial charge in [0.15, 0.2) is 5.78 Å². The van der Waals surface area contributed by atoms with E-state index in [2.05, 4.69) is 20.4 Å². The lowest BCUT2D eigenvalue weighted by molar-refractivity contribution is -0.181. The second-order valence-corrected chi connectivity index (χ2v) is 9.16. The molecule has 0 aromatic heterocycles. The lowest BCUT2D eigenvalue weighted by atomic mass is 9.42. The van der Waals surface area contributed by atoms with E-state index in [-0.39, 0.29) is 40.7 Å². The fourth-order valence-electron chi connectivity index (χ4n) is 6.74. The third-order valence-electron chi connectivity index (χ3n) is 8.29. The Morgan fingerprint density at radius 3 is 2.57 bits per heavy atom. The van der Waals surface area contributed by atoms with Gasteiger partial charge in [-0.1, -0.05) is 26.8 Å². The van der Waals surface area contributed by atoms with Crippen LogP contribution in [0.1, 0.15) is 65.2 Å². The van der Waals surface area contributed by atoms with E-state index in [0.29, 0.717) is 24.3 Å². The molecular weight excluding hydrogens is 288 g/mol. The summed E-state index contributed by atoms with van der Waals surface area (Å²) in [7, 11) is 0. The van der Waals surface area contributed by atoms with Gasteiger partial charge in [0, 0.05) is 29.7 Å². The highest BCUT2D eigenvalue weighted by atomic mass is 16.3. The van der Waals surface area contributed by atoms with Gasteiger partial charge in [0.05, 0.1) is 0 Å². The van der Waals surface area contributed by atoms with Gasteiger partial charge in [0.2, 0.25) is 0 Å². The van der Waals surface area contributed by atoms with Crippen molar-refractivity contribution in [2.45, 2.75) is 70.8 Å². The van der Waals surface area contributed by atoms with Crippen LogP contribution in [0.2, 0.25) is 0 Å². The van der Waals surface area contributed by atoms with Gasteiger partial charge in [-0.25, -0.2) is 0 Å². The van der Waals surface area contributed by atoms with E-state index in [0.717, 1.165) is 19.3 Å². The molecule has 23 heavy (non-hydrogen) atoms. The third kappa shape index (κ3) is 1.75. The highest BCUT2D eigenvalue weighted by Gasteiger charge is 2.67. The second-order valence-electron chi connectivity index (χ2n) is 9.16. The van der Waals surface area contributed by atoms with Gasteiger partial charge in [-0.05, 0) is 49.4 Å². The predicted molar refractivity (Wildman–Crippen MR) is 87.7 cm³/mol. The molecule has 4 rings (SSSR count). The van der Waals surface area contributed by atoms with Crippen molar-refractivity contribution in [1.82, 2.24) is 0 Å². The summed E-state index contributed by atoms with van der Waals surface area (Å²) >= 11 is 0. The van der Waals surface area contributed by atoms with Crippen molar-refractivity contribution in [3.63, 3.8) is 0 Å². The topological polar surface area (TPSA) is 54.4 Å². The molecule has 0 amide bonds. The Morgan fingerprint density at radius 2 is 1.83 bits per heavy atom. The standard InChI is InChI=1S/C20H28O3/c1-12-17(22)16-14-5-4-8-18(14,2)9-7-15(16)19(3)10-6-13(21)11-20(12,19)23/h14-16,23H,1,4-11H2,2-3H3/t14-,15-,16-,18-,19+,20-/m0/s1. The third-order valence-corrected chi connectivity index (χ3v) is 8.29. The summed E-state index contributed by atoms with van der Waals surface area (Å²) in [4.78, 5) is 25.2. The maximum atomic E-state index is 13.2. The molecule has 0 spiro atoms. The summed E-state index contributed by atoms with van der Waals surface area (Å²) < 4.78 is 0. The quantitative estimate of drug-likeness (QED) is 0.696. The van der Waals surface area contributed by atoms with E-state index in [9.17, 15) is 14.7 Å². The first-order valence-corrected chi connectivity index (χ1v) is 9.21. The van der Waals surface area contributed by atoms with Crippen LogP contribution < -0.4 is 0 Å². The number of hydrogen-bond donors (Lipinski definition) is 1. The summed E-state index contributed by atoms with van der Waals surface area (Å²) in [5.74, 6) is 0.780. The largest absolute Gasteiger partial charge is 0.384 e. The van der Waals surface area contributed by atoms with E-state index in [1.807, 2.05) is 0 Å². The van der Waals surface area contributed by atoms with E-state index in [1.54, 1.807) is 0 Å². The summed E-state index contributed by atoms with van der Waals surface area (Å²) in [6, 6.07) is 0. The molecule has 6 atom stereocenters. The van der Waals surface area contributed by atoms with Crippen molar-refractivity contribution < 1.29 is 14.7 Å². The molecule has 0 bridgehead atoms. The lowest BCUT2D eigenvalue weighted by Crippen LogP contribution is -2.66. The summed E-state index contributed by atoms with van der Waals surface area (Å²) in [5, 5.41) is 11.4. The van der Waals surface area contributed by atoms with Gasteiger partial charge in [-0.2, -0.15) is 0 Å². The van der Waals surface area contributed by atoms with Gasteiger partial charge >= 0.3 is 0 Å². The predicted octanol–water partition coefficient (Wildman–Crippen LogP) is 3.45. The molecule has 3 nitrogen and oxygen atoms in total. The smallest absolute Gasteiger partial charge is 0.164 e. The van der Waals surface area contributed by atoms with Gasteiger partial charge in [0.1, 0.15) is 11.4 Å². The number of fused-ring (bicyclic) bond motifs is 5. The van der Waals surface area contributed by atoms with Crippen LogP contribution in [0.25, 0.3) is 0 Å². The van der Waals surface area contributed by atoms with Crippen LogP contribution in [0.5, 0.6) is 0 Å². The van der Waals surface area contributed by atoms with Crippen LogP contribution in [0.4, 0.5) is 0 Å². The highest BCUT2D eigenvalue weighted by molar-refractivity contribution is 6.02. The van der Waals surface area contributed by atoms with E-state index >= 15 is 0 Å². The van der Waals surface area contributed by atoms with Crippen molar-refractivity contribution in [1.29, 1.82) is 0 Å². The molecule has 0 aliphatic heterocycles. The summed E-state index contributed by atoms with van der Waals surface area (Å²) in [5.41, 5.74) is -1.08. The molecular formula is C20H28O3. The summed E-state index contributed by atoms with van der Waals surface area (Å²) in [6.07, 6.45) is 7.03. The maximum Gasteiger partial charge on any atom is 0.164 e. The van der Waals surface area contributed by atoms with Gasteiger partial charge < -0.3 is 5.11 Å². The normalized spacial score (nSPS) is 52.8. The Morgan fingerprint density at radius 1 is 1.09 bits per heavy atom. The first kappa shape index (κ1) is 15.6. The Kier molecular flexibility index (Phi) is 3.09. The van der Waals surface area contributed by atoms with Crippen molar-refractivity contribution in [2.75, 3.05) is 0 Å². The Balaban J connectivity index is 1.81. The first-order chi connectivity index (χ1) is 10.7. The molecule has 0 heterocycles. The van der Waals surface area contributed by atoms with Crippen molar-refractivity contribution in [3.05, 3.63) is 12.2 Å². The van der Waals surface area contributed by atoms with Gasteiger partial charge in [-0.15, -0.1) is 0 Å². The number of Topliss-reactive ketones (excluding diaryl/α,β-unsaturated/α-hetero) is 2. The molecule has 4 saturated carbocycles. The van der Waals surface area contributed by atoms with Crippen LogP contribution in [0.3, 0.4) is 0 Å². The molecule has 0 aromatic rings. The van der Waals surface area contributed by atoms with Crippen LogP contribution >= 0.6 is 0 Å². The molecule has 4 aliphatic rings. The van der Waals surface area contributed by atoms with Crippen LogP contribution in [0, 0.1) is 28.6 Å². The van der Waals surface area contributed by atoms with Crippen LogP contribution in [-0.4, -0.2) is 22.3 Å². The average molecular weight is 316 g/mol. The summed E-state index contributed by atoms with van der Waals surface area (Å²) in [6.45, 7) is 8.48. The Hall–Kier alpha value is -0.960. The molecule has 0 unspecified atom stereocenters. The zero-order valence-corrected chi connectivity index (χ0v) is 14.4. The fourth-order valence-corrected chi connectivity index (χ4v) is 6.74. The van der Waals surface area contributed by atoms with Crippen molar-refractivity contribution >= 4 is 11.6 Å². The zero-order valence-electron chi connectivity index (χ0n) is 14.4.